The van der Waals surface area contributed by atoms with E-state index in [1.54, 1.807) is 6.92 Å². The van der Waals surface area contributed by atoms with Crippen LogP contribution in [0.25, 0.3) is 0 Å². The van der Waals surface area contributed by atoms with Gasteiger partial charge in [0.25, 0.3) is 0 Å². The zero-order chi connectivity index (χ0) is 14.8. The van der Waals surface area contributed by atoms with Gasteiger partial charge in [-0.15, -0.1) is 0 Å². The minimum Gasteiger partial charge on any atom is -0.384 e. The van der Waals surface area contributed by atoms with E-state index in [0.29, 0.717) is 11.6 Å². The molecule has 2 aromatic rings. The van der Waals surface area contributed by atoms with Crippen LogP contribution in [0.2, 0.25) is 5.02 Å². The van der Waals surface area contributed by atoms with Crippen molar-refractivity contribution in [3.05, 3.63) is 63.1 Å². The second-order valence-electron chi connectivity index (χ2n) is 5.07. The lowest BCUT2D eigenvalue weighted by Crippen LogP contribution is -2.30. The molecule has 2 nitrogen and oxygen atoms in total. The third kappa shape index (κ3) is 3.54. The van der Waals surface area contributed by atoms with E-state index in [2.05, 4.69) is 21.2 Å². The summed E-state index contributed by atoms with van der Waals surface area (Å²) in [7, 11) is 0. The van der Waals surface area contributed by atoms with E-state index in [0.717, 1.165) is 21.3 Å². The van der Waals surface area contributed by atoms with Crippen molar-refractivity contribution in [1.29, 1.82) is 0 Å². The Kier molecular flexibility index (Phi) is 4.74. The van der Waals surface area contributed by atoms with Crippen LogP contribution >= 0.6 is 27.5 Å². The minimum absolute atomic E-state index is 0.398. The lowest BCUT2D eigenvalue weighted by atomic mass is 9.96. The van der Waals surface area contributed by atoms with Gasteiger partial charge in [-0.25, -0.2) is 0 Å². The van der Waals surface area contributed by atoms with Gasteiger partial charge in [0.15, 0.2) is 0 Å². The SMILES string of the molecule is Cc1cc(Br)c(NCC(C)(O)c2ccccc2)cc1Cl. The zero-order valence-electron chi connectivity index (χ0n) is 11.5. The molecule has 20 heavy (non-hydrogen) atoms. The van der Waals surface area contributed by atoms with Gasteiger partial charge in [0.2, 0.25) is 0 Å². The van der Waals surface area contributed by atoms with Crippen LogP contribution in [0, 0.1) is 6.92 Å². The van der Waals surface area contributed by atoms with Gasteiger partial charge in [-0.1, -0.05) is 41.9 Å². The number of benzene rings is 2. The van der Waals surface area contributed by atoms with E-state index in [9.17, 15) is 5.11 Å². The van der Waals surface area contributed by atoms with Crippen LogP contribution < -0.4 is 5.32 Å². The molecule has 1 unspecified atom stereocenters. The first-order valence-electron chi connectivity index (χ1n) is 6.37. The van der Waals surface area contributed by atoms with E-state index in [4.69, 9.17) is 11.6 Å². The van der Waals surface area contributed by atoms with Crippen molar-refractivity contribution in [2.24, 2.45) is 0 Å². The molecule has 0 fully saturated rings. The van der Waals surface area contributed by atoms with Gasteiger partial charge < -0.3 is 10.4 Å². The van der Waals surface area contributed by atoms with Crippen LogP contribution in [0.3, 0.4) is 0 Å². The third-order valence-electron chi connectivity index (χ3n) is 3.27. The summed E-state index contributed by atoms with van der Waals surface area (Å²) < 4.78 is 0.934. The van der Waals surface area contributed by atoms with Crippen molar-refractivity contribution in [3.8, 4) is 0 Å². The Morgan fingerprint density at radius 3 is 2.55 bits per heavy atom. The summed E-state index contributed by atoms with van der Waals surface area (Å²) in [5, 5.41) is 14.5. The fourth-order valence-electron chi connectivity index (χ4n) is 1.95. The molecule has 2 rings (SSSR count). The first-order valence-corrected chi connectivity index (χ1v) is 7.55. The predicted molar refractivity (Wildman–Crippen MR) is 88.4 cm³/mol. The maximum Gasteiger partial charge on any atom is 0.104 e. The number of anilines is 1. The summed E-state index contributed by atoms with van der Waals surface area (Å²) >= 11 is 9.63. The standard InChI is InChI=1S/C16H17BrClNO/c1-11-8-13(17)15(9-14(11)18)19-10-16(2,20)12-6-4-3-5-7-12/h3-9,19-20H,10H2,1-2H3. The molecule has 2 N–H and O–H groups in total. The lowest BCUT2D eigenvalue weighted by Gasteiger charge is -2.25. The molecular formula is C16H17BrClNO. The molecular weight excluding hydrogens is 338 g/mol. The van der Waals surface area contributed by atoms with Gasteiger partial charge in [0, 0.05) is 16.0 Å². The summed E-state index contributed by atoms with van der Waals surface area (Å²) in [5.41, 5.74) is 1.82. The van der Waals surface area contributed by atoms with Crippen LogP contribution in [0.4, 0.5) is 5.69 Å². The highest BCUT2D eigenvalue weighted by Gasteiger charge is 2.22. The first-order chi connectivity index (χ1) is 9.40. The highest BCUT2D eigenvalue weighted by Crippen LogP contribution is 2.30. The monoisotopic (exact) mass is 353 g/mol. The maximum atomic E-state index is 10.6. The quantitative estimate of drug-likeness (QED) is 0.832. The van der Waals surface area contributed by atoms with Crippen molar-refractivity contribution in [2.45, 2.75) is 19.4 Å². The largest absolute Gasteiger partial charge is 0.384 e. The van der Waals surface area contributed by atoms with Gasteiger partial charge in [-0.2, -0.15) is 0 Å². The lowest BCUT2D eigenvalue weighted by molar-refractivity contribution is 0.0715. The summed E-state index contributed by atoms with van der Waals surface area (Å²) in [6, 6.07) is 13.4. The number of halogens is 2. The maximum absolute atomic E-state index is 10.6. The molecule has 0 aliphatic heterocycles. The van der Waals surface area contributed by atoms with Crippen LogP contribution in [0.1, 0.15) is 18.1 Å². The van der Waals surface area contributed by atoms with Crippen molar-refractivity contribution < 1.29 is 5.11 Å². The van der Waals surface area contributed by atoms with Crippen molar-refractivity contribution >= 4 is 33.2 Å². The number of aliphatic hydroxyl groups is 1. The Morgan fingerprint density at radius 2 is 1.90 bits per heavy atom. The Bertz CT molecular complexity index is 599. The van der Waals surface area contributed by atoms with E-state index >= 15 is 0 Å². The summed E-state index contributed by atoms with van der Waals surface area (Å²) in [5.74, 6) is 0. The Morgan fingerprint density at radius 1 is 1.25 bits per heavy atom. The number of hydrogen-bond donors (Lipinski definition) is 2. The van der Waals surface area contributed by atoms with Crippen LogP contribution in [-0.4, -0.2) is 11.7 Å². The van der Waals surface area contributed by atoms with Gasteiger partial charge in [-0.05, 0) is 53.0 Å². The smallest absolute Gasteiger partial charge is 0.104 e. The molecule has 2 aromatic carbocycles. The van der Waals surface area contributed by atoms with E-state index in [1.807, 2.05) is 49.4 Å². The number of nitrogens with one attached hydrogen (secondary N) is 1. The van der Waals surface area contributed by atoms with Gasteiger partial charge in [0.05, 0.1) is 5.69 Å². The van der Waals surface area contributed by atoms with Crippen LogP contribution in [0.15, 0.2) is 46.9 Å². The van der Waals surface area contributed by atoms with Gasteiger partial charge in [-0.3, -0.25) is 0 Å². The number of rotatable bonds is 4. The molecule has 0 spiro atoms. The van der Waals surface area contributed by atoms with E-state index < -0.39 is 5.60 Å². The number of aryl methyl sites for hydroxylation is 1. The molecule has 0 radical (unpaired) electrons. The molecule has 0 bridgehead atoms. The van der Waals surface area contributed by atoms with Crippen molar-refractivity contribution in [1.82, 2.24) is 0 Å². The van der Waals surface area contributed by atoms with E-state index in [1.165, 1.54) is 0 Å². The zero-order valence-corrected chi connectivity index (χ0v) is 13.8. The van der Waals surface area contributed by atoms with Crippen LogP contribution in [0.5, 0.6) is 0 Å². The highest BCUT2D eigenvalue weighted by molar-refractivity contribution is 9.10. The molecule has 106 valence electrons. The Hall–Kier alpha value is -1.03. The molecule has 0 aromatic heterocycles. The predicted octanol–water partition coefficient (Wildman–Crippen LogP) is 4.73. The third-order valence-corrected chi connectivity index (χ3v) is 4.33. The molecule has 0 aliphatic rings. The highest BCUT2D eigenvalue weighted by atomic mass is 79.9. The normalized spacial score (nSPS) is 13.8. The molecule has 0 heterocycles. The first kappa shape index (κ1) is 15.4. The van der Waals surface area contributed by atoms with Crippen LogP contribution in [-0.2, 0) is 5.60 Å². The molecule has 1 atom stereocenters. The fourth-order valence-corrected chi connectivity index (χ4v) is 2.71. The summed E-state index contributed by atoms with van der Waals surface area (Å²) in [6.07, 6.45) is 0. The van der Waals surface area contributed by atoms with Gasteiger partial charge >= 0.3 is 0 Å². The minimum atomic E-state index is -0.946. The summed E-state index contributed by atoms with van der Waals surface area (Å²) in [6.45, 7) is 4.14. The molecule has 0 saturated carbocycles. The second-order valence-corrected chi connectivity index (χ2v) is 6.34. The average Bonchev–Trinajstić information content (AvgIpc) is 2.42. The molecule has 0 aliphatic carbocycles. The van der Waals surface area contributed by atoms with Crippen molar-refractivity contribution in [3.63, 3.8) is 0 Å². The number of hydrogen-bond acceptors (Lipinski definition) is 2. The molecule has 4 heteroatoms. The van der Waals surface area contributed by atoms with E-state index in [-0.39, 0.29) is 0 Å². The second kappa shape index (κ2) is 6.17. The van der Waals surface area contributed by atoms with Crippen molar-refractivity contribution in [2.75, 3.05) is 11.9 Å². The molecule has 0 saturated heterocycles. The van der Waals surface area contributed by atoms with Gasteiger partial charge in [0.1, 0.15) is 5.60 Å². The molecule has 0 amide bonds. The Balaban J connectivity index is 2.14. The summed E-state index contributed by atoms with van der Waals surface area (Å²) in [4.78, 5) is 0. The fraction of sp³-hybridized carbons (Fsp3) is 0.250. The average molecular weight is 355 g/mol. The Labute approximate surface area is 132 Å². The topological polar surface area (TPSA) is 32.3 Å².